The highest BCUT2D eigenvalue weighted by atomic mass is 32.1. The fourth-order valence-electron chi connectivity index (χ4n) is 2.01. The summed E-state index contributed by atoms with van der Waals surface area (Å²) in [6.45, 7) is 1.55. The van der Waals surface area contributed by atoms with Crippen LogP contribution in [0.1, 0.15) is 31.9 Å². The minimum absolute atomic E-state index is 0.0707. The summed E-state index contributed by atoms with van der Waals surface area (Å²) in [5, 5.41) is 12.0. The van der Waals surface area contributed by atoms with Crippen LogP contribution in [0.5, 0.6) is 0 Å². The van der Waals surface area contributed by atoms with Gasteiger partial charge in [0.15, 0.2) is 4.96 Å². The smallest absolute Gasteiger partial charge is 0.389 e. The fraction of sp³-hybridized carbons (Fsp3) is 0.583. The molecule has 0 aliphatic carbocycles. The number of alkyl halides is 3. The topological polar surface area (TPSA) is 37.5 Å². The van der Waals surface area contributed by atoms with Gasteiger partial charge in [-0.05, 0) is 19.8 Å². The molecule has 1 N–H and O–H groups in total. The molecule has 2 rings (SSSR count). The molecule has 106 valence electrons. The number of hydrogen-bond acceptors (Lipinski definition) is 3. The van der Waals surface area contributed by atoms with Crippen LogP contribution in [0.4, 0.5) is 13.2 Å². The van der Waals surface area contributed by atoms with Crippen molar-refractivity contribution in [3.8, 4) is 0 Å². The van der Waals surface area contributed by atoms with Gasteiger partial charge in [-0.2, -0.15) is 13.2 Å². The second-order valence-corrected chi connectivity index (χ2v) is 5.84. The Morgan fingerprint density at radius 1 is 1.37 bits per heavy atom. The minimum atomic E-state index is -4.16. The molecule has 0 aliphatic heterocycles. The predicted molar refractivity (Wildman–Crippen MR) is 67.3 cm³/mol. The zero-order chi connectivity index (χ0) is 14.1. The van der Waals surface area contributed by atoms with Gasteiger partial charge in [0.2, 0.25) is 0 Å². The van der Waals surface area contributed by atoms with Gasteiger partial charge in [-0.3, -0.25) is 4.40 Å². The molecule has 0 bridgehead atoms. The van der Waals surface area contributed by atoms with Crippen molar-refractivity contribution in [3.63, 3.8) is 0 Å². The summed E-state index contributed by atoms with van der Waals surface area (Å²) in [6, 6.07) is 0. The molecule has 0 aromatic carbocycles. The van der Waals surface area contributed by atoms with E-state index in [1.807, 2.05) is 16.0 Å². The van der Waals surface area contributed by atoms with Crippen molar-refractivity contribution in [2.75, 3.05) is 0 Å². The summed E-state index contributed by atoms with van der Waals surface area (Å²) in [5.41, 5.74) is -0.459. The molecule has 19 heavy (non-hydrogen) atoms. The lowest BCUT2D eigenvalue weighted by Crippen LogP contribution is -2.27. The Morgan fingerprint density at radius 2 is 2.11 bits per heavy atom. The first-order valence-corrected chi connectivity index (χ1v) is 6.83. The number of fused-ring (bicyclic) bond motifs is 1. The number of halogens is 3. The average molecular weight is 292 g/mol. The summed E-state index contributed by atoms with van der Waals surface area (Å²) in [6.07, 6.45) is -1.07. The van der Waals surface area contributed by atoms with E-state index in [0.717, 1.165) is 4.96 Å². The molecule has 1 unspecified atom stereocenters. The first-order chi connectivity index (χ1) is 8.75. The molecular formula is C12H15F3N2OS. The van der Waals surface area contributed by atoms with Crippen molar-refractivity contribution in [2.24, 2.45) is 0 Å². The van der Waals surface area contributed by atoms with Crippen LogP contribution in [-0.2, 0) is 6.42 Å². The van der Waals surface area contributed by atoms with Crippen LogP contribution in [-0.4, -0.2) is 26.3 Å². The molecule has 0 amide bonds. The van der Waals surface area contributed by atoms with Crippen LogP contribution >= 0.6 is 11.3 Å². The molecule has 2 aromatic heterocycles. The van der Waals surface area contributed by atoms with Crippen molar-refractivity contribution in [3.05, 3.63) is 23.5 Å². The predicted octanol–water partition coefficient (Wildman–Crippen LogP) is 3.42. The number of rotatable bonds is 5. The summed E-state index contributed by atoms with van der Waals surface area (Å²) in [4.78, 5) is 5.13. The molecule has 0 aliphatic rings. The normalized spacial score (nSPS) is 15.8. The monoisotopic (exact) mass is 292 g/mol. The first kappa shape index (κ1) is 14.3. The third-order valence-electron chi connectivity index (χ3n) is 2.88. The SMILES string of the molecule is CC(O)(CCCC(F)(F)F)Cc1cn2ccsc2n1. The van der Waals surface area contributed by atoms with E-state index in [1.54, 1.807) is 13.1 Å². The fourth-order valence-corrected chi connectivity index (χ4v) is 2.73. The van der Waals surface area contributed by atoms with Crippen molar-refractivity contribution in [1.82, 2.24) is 9.38 Å². The lowest BCUT2D eigenvalue weighted by molar-refractivity contribution is -0.137. The number of hydrogen-bond donors (Lipinski definition) is 1. The molecule has 3 nitrogen and oxygen atoms in total. The molecular weight excluding hydrogens is 277 g/mol. The van der Waals surface area contributed by atoms with E-state index in [1.165, 1.54) is 11.3 Å². The standard InChI is InChI=1S/C12H15F3N2OS/c1-11(18,3-2-4-12(13,14)15)7-9-8-17-5-6-19-10(17)16-9/h5-6,8,18H,2-4,7H2,1H3. The lowest BCUT2D eigenvalue weighted by Gasteiger charge is -2.22. The average Bonchev–Trinajstić information content (AvgIpc) is 2.73. The quantitative estimate of drug-likeness (QED) is 0.917. The van der Waals surface area contributed by atoms with Gasteiger partial charge in [0.05, 0.1) is 11.3 Å². The van der Waals surface area contributed by atoms with Crippen molar-refractivity contribution < 1.29 is 18.3 Å². The Labute approximate surface area is 112 Å². The molecule has 0 saturated carbocycles. The molecule has 0 fully saturated rings. The van der Waals surface area contributed by atoms with Crippen LogP contribution in [0.15, 0.2) is 17.8 Å². The Hall–Kier alpha value is -1.08. The van der Waals surface area contributed by atoms with Gasteiger partial charge < -0.3 is 5.11 Å². The third kappa shape index (κ3) is 4.21. The van der Waals surface area contributed by atoms with Crippen molar-refractivity contribution in [1.29, 1.82) is 0 Å². The summed E-state index contributed by atoms with van der Waals surface area (Å²) >= 11 is 1.48. The van der Waals surface area contributed by atoms with E-state index in [4.69, 9.17) is 0 Å². The number of aromatic nitrogens is 2. The van der Waals surface area contributed by atoms with E-state index >= 15 is 0 Å². The highest BCUT2D eigenvalue weighted by molar-refractivity contribution is 7.15. The molecule has 1 atom stereocenters. The summed E-state index contributed by atoms with van der Waals surface area (Å²) < 4.78 is 38.0. The van der Waals surface area contributed by atoms with Crippen LogP contribution in [0, 0.1) is 0 Å². The second-order valence-electron chi connectivity index (χ2n) is 4.97. The van der Waals surface area contributed by atoms with Gasteiger partial charge in [0, 0.05) is 30.6 Å². The Bertz CT molecular complexity index is 516. The number of aliphatic hydroxyl groups is 1. The summed E-state index contributed by atoms with van der Waals surface area (Å²) in [7, 11) is 0. The maximum absolute atomic E-state index is 12.1. The van der Waals surface area contributed by atoms with Gasteiger partial charge in [0.25, 0.3) is 0 Å². The summed E-state index contributed by atoms with van der Waals surface area (Å²) in [5.74, 6) is 0. The second kappa shape index (κ2) is 5.13. The molecule has 2 heterocycles. The van der Waals surface area contributed by atoms with E-state index in [2.05, 4.69) is 4.98 Å². The zero-order valence-corrected chi connectivity index (χ0v) is 11.3. The number of nitrogens with zero attached hydrogens (tertiary/aromatic N) is 2. The lowest BCUT2D eigenvalue weighted by atomic mass is 9.94. The Kier molecular flexibility index (Phi) is 3.87. The van der Waals surface area contributed by atoms with Crippen molar-refractivity contribution >= 4 is 16.3 Å². The maximum atomic E-state index is 12.1. The van der Waals surface area contributed by atoms with Gasteiger partial charge in [-0.15, -0.1) is 11.3 Å². The van der Waals surface area contributed by atoms with Crippen LogP contribution in [0.3, 0.4) is 0 Å². The molecule has 7 heteroatoms. The van der Waals surface area contributed by atoms with Gasteiger partial charge >= 0.3 is 6.18 Å². The molecule has 0 radical (unpaired) electrons. The Balaban J connectivity index is 1.91. The van der Waals surface area contributed by atoms with E-state index < -0.39 is 18.2 Å². The van der Waals surface area contributed by atoms with Gasteiger partial charge in [-0.1, -0.05) is 0 Å². The largest absolute Gasteiger partial charge is 0.390 e. The first-order valence-electron chi connectivity index (χ1n) is 5.95. The highest BCUT2D eigenvalue weighted by Crippen LogP contribution is 2.26. The van der Waals surface area contributed by atoms with Crippen LogP contribution in [0.25, 0.3) is 4.96 Å². The number of thiazole rings is 1. The van der Waals surface area contributed by atoms with Gasteiger partial charge in [0.1, 0.15) is 0 Å². The maximum Gasteiger partial charge on any atom is 0.389 e. The Morgan fingerprint density at radius 3 is 2.74 bits per heavy atom. The van der Waals surface area contributed by atoms with Crippen LogP contribution in [0.2, 0.25) is 0 Å². The van der Waals surface area contributed by atoms with Crippen molar-refractivity contribution in [2.45, 2.75) is 44.4 Å². The molecule has 0 saturated heterocycles. The minimum Gasteiger partial charge on any atom is -0.390 e. The third-order valence-corrected chi connectivity index (χ3v) is 3.65. The zero-order valence-electron chi connectivity index (χ0n) is 10.4. The highest BCUT2D eigenvalue weighted by Gasteiger charge is 2.29. The van der Waals surface area contributed by atoms with Crippen LogP contribution < -0.4 is 0 Å². The number of imidazole rings is 1. The molecule has 2 aromatic rings. The van der Waals surface area contributed by atoms with E-state index in [9.17, 15) is 18.3 Å². The van der Waals surface area contributed by atoms with E-state index in [0.29, 0.717) is 5.69 Å². The van der Waals surface area contributed by atoms with E-state index in [-0.39, 0.29) is 19.3 Å². The molecule has 0 spiro atoms. The van der Waals surface area contributed by atoms with Gasteiger partial charge in [-0.25, -0.2) is 4.98 Å².